The lowest BCUT2D eigenvalue weighted by molar-refractivity contribution is 0.660. The summed E-state index contributed by atoms with van der Waals surface area (Å²) >= 11 is 0. The van der Waals surface area contributed by atoms with Crippen LogP contribution in [0, 0.1) is 0 Å². The Balaban J connectivity index is 1.02. The van der Waals surface area contributed by atoms with Gasteiger partial charge in [0.1, 0.15) is 11.2 Å². The van der Waals surface area contributed by atoms with Gasteiger partial charge in [0.05, 0.1) is 5.69 Å². The molecule has 1 aliphatic carbocycles. The van der Waals surface area contributed by atoms with Crippen molar-refractivity contribution in [3.8, 4) is 44.5 Å². The molecule has 0 saturated carbocycles. The van der Waals surface area contributed by atoms with Crippen LogP contribution in [0.5, 0.6) is 0 Å². The third-order valence-electron chi connectivity index (χ3n) is 13.0. The second kappa shape index (κ2) is 13.7. The smallest absolute Gasteiger partial charge is 0.143 e. The number of nitrogens with zero attached hydrogens (tertiary/aromatic N) is 1. The van der Waals surface area contributed by atoms with Crippen LogP contribution < -0.4 is 4.90 Å². The Kier molecular flexibility index (Phi) is 7.92. The van der Waals surface area contributed by atoms with Crippen LogP contribution in [0.4, 0.5) is 17.1 Å². The van der Waals surface area contributed by atoms with Gasteiger partial charge in [0, 0.05) is 38.7 Å². The summed E-state index contributed by atoms with van der Waals surface area (Å²) in [5.74, 6) is 0. The molecule has 11 aromatic rings. The highest BCUT2D eigenvalue weighted by molar-refractivity contribution is 6.14. The van der Waals surface area contributed by atoms with E-state index in [2.05, 4.69) is 231 Å². The SMILES string of the molecule is CC1(C)c2ccccc2-c2ccc(N(c3ccc(-c4cccc(-c5cccc6ccccc56)c4)cc3)c3ccccc3-c3cccc4c3oc3cc5ccccc5cc34)cc21. The van der Waals surface area contributed by atoms with E-state index in [1.54, 1.807) is 0 Å². The fourth-order valence-corrected chi connectivity index (χ4v) is 10.00. The Hall–Kier alpha value is -7.68. The summed E-state index contributed by atoms with van der Waals surface area (Å²) in [6.07, 6.45) is 0. The molecule has 0 bridgehead atoms. The molecule has 1 aromatic heterocycles. The molecule has 2 nitrogen and oxygen atoms in total. The number of benzene rings is 10. The number of hydrogen-bond donors (Lipinski definition) is 0. The molecule has 10 aromatic carbocycles. The standard InChI is InChI=1S/C59H41NO/c1-59(2)54-26-9-7-21-48(54)49-33-32-45(37-55(49)59)60(44-30-28-38(29-31-44)40-18-11-19-43(34-40)47-23-12-17-39-14-5-6-20-46(39)47)56-27-10-8-22-50(56)51-24-13-25-52-53-35-41-15-3-4-16-42(41)36-57(53)61-58(51)52/h3-37H,1-2H3. The molecule has 1 aliphatic rings. The first kappa shape index (κ1) is 35.3. The van der Waals surface area contributed by atoms with Crippen LogP contribution in [0.15, 0.2) is 217 Å². The molecule has 0 radical (unpaired) electrons. The second-order valence-electron chi connectivity index (χ2n) is 16.9. The fourth-order valence-electron chi connectivity index (χ4n) is 10.00. The van der Waals surface area contributed by atoms with Crippen molar-refractivity contribution in [2.24, 2.45) is 0 Å². The van der Waals surface area contributed by atoms with Crippen molar-refractivity contribution in [2.75, 3.05) is 4.90 Å². The quantitative estimate of drug-likeness (QED) is 0.167. The predicted octanol–water partition coefficient (Wildman–Crippen LogP) is 16.7. The van der Waals surface area contributed by atoms with Gasteiger partial charge in [-0.1, -0.05) is 178 Å². The summed E-state index contributed by atoms with van der Waals surface area (Å²) in [4.78, 5) is 2.43. The van der Waals surface area contributed by atoms with E-state index < -0.39 is 0 Å². The Labute approximate surface area is 355 Å². The fraction of sp³-hybridized carbons (Fsp3) is 0.0508. The minimum Gasteiger partial charge on any atom is -0.455 e. The summed E-state index contributed by atoms with van der Waals surface area (Å²) < 4.78 is 6.83. The molecule has 0 atom stereocenters. The number of fused-ring (bicyclic) bond motifs is 8. The largest absolute Gasteiger partial charge is 0.455 e. The molecule has 61 heavy (non-hydrogen) atoms. The zero-order valence-electron chi connectivity index (χ0n) is 34.1. The maximum absolute atomic E-state index is 6.83. The highest BCUT2D eigenvalue weighted by Gasteiger charge is 2.36. The predicted molar refractivity (Wildman–Crippen MR) is 257 cm³/mol. The second-order valence-corrected chi connectivity index (χ2v) is 16.9. The monoisotopic (exact) mass is 779 g/mol. The molecule has 1 heterocycles. The Bertz CT molecular complexity index is 3510. The molecule has 2 heteroatoms. The first-order valence-electron chi connectivity index (χ1n) is 21.2. The number of hydrogen-bond acceptors (Lipinski definition) is 2. The molecule has 288 valence electrons. The molecule has 0 N–H and O–H groups in total. The lowest BCUT2D eigenvalue weighted by Crippen LogP contribution is -2.16. The summed E-state index contributed by atoms with van der Waals surface area (Å²) in [5.41, 5.74) is 17.2. The number of rotatable bonds is 6. The molecule has 0 fully saturated rings. The van der Waals surface area contributed by atoms with Gasteiger partial charge in [-0.2, -0.15) is 0 Å². The van der Waals surface area contributed by atoms with Crippen LogP contribution in [0.2, 0.25) is 0 Å². The van der Waals surface area contributed by atoms with Crippen molar-refractivity contribution in [3.63, 3.8) is 0 Å². The minimum absolute atomic E-state index is 0.143. The van der Waals surface area contributed by atoms with Crippen molar-refractivity contribution < 1.29 is 4.42 Å². The zero-order valence-corrected chi connectivity index (χ0v) is 34.1. The minimum atomic E-state index is -0.143. The summed E-state index contributed by atoms with van der Waals surface area (Å²) in [5, 5.41) is 7.14. The first-order chi connectivity index (χ1) is 30.0. The van der Waals surface area contributed by atoms with E-state index in [4.69, 9.17) is 4.42 Å². The van der Waals surface area contributed by atoms with Gasteiger partial charge in [0.25, 0.3) is 0 Å². The molecule has 0 amide bonds. The Morgan fingerprint density at radius 2 is 0.967 bits per heavy atom. The van der Waals surface area contributed by atoms with E-state index in [1.165, 1.54) is 66.1 Å². The van der Waals surface area contributed by atoms with E-state index in [0.29, 0.717) is 0 Å². The summed E-state index contributed by atoms with van der Waals surface area (Å²) in [6, 6.07) is 77.4. The van der Waals surface area contributed by atoms with Crippen molar-refractivity contribution in [3.05, 3.63) is 223 Å². The summed E-state index contributed by atoms with van der Waals surface area (Å²) in [7, 11) is 0. The van der Waals surface area contributed by atoms with E-state index in [0.717, 1.165) is 50.1 Å². The van der Waals surface area contributed by atoms with Gasteiger partial charge in [0.2, 0.25) is 0 Å². The number of anilines is 3. The third-order valence-corrected chi connectivity index (χ3v) is 13.0. The number of para-hydroxylation sites is 2. The van der Waals surface area contributed by atoms with Crippen LogP contribution in [-0.4, -0.2) is 0 Å². The van der Waals surface area contributed by atoms with E-state index >= 15 is 0 Å². The lowest BCUT2D eigenvalue weighted by atomic mass is 9.82. The van der Waals surface area contributed by atoms with Crippen molar-refractivity contribution in [2.45, 2.75) is 19.3 Å². The topological polar surface area (TPSA) is 16.4 Å². The van der Waals surface area contributed by atoms with Crippen LogP contribution in [0.25, 0.3) is 88.0 Å². The lowest BCUT2D eigenvalue weighted by Gasteiger charge is -2.30. The molecule has 12 rings (SSSR count). The van der Waals surface area contributed by atoms with Crippen LogP contribution in [0.3, 0.4) is 0 Å². The Morgan fingerprint density at radius 3 is 1.84 bits per heavy atom. The third kappa shape index (κ3) is 5.64. The van der Waals surface area contributed by atoms with E-state index in [1.807, 2.05) is 0 Å². The van der Waals surface area contributed by atoms with E-state index in [-0.39, 0.29) is 5.41 Å². The van der Waals surface area contributed by atoms with Crippen molar-refractivity contribution in [1.29, 1.82) is 0 Å². The van der Waals surface area contributed by atoms with Crippen molar-refractivity contribution >= 4 is 60.5 Å². The van der Waals surface area contributed by atoms with Gasteiger partial charge in [-0.05, 0) is 115 Å². The van der Waals surface area contributed by atoms with Gasteiger partial charge in [-0.15, -0.1) is 0 Å². The number of furan rings is 1. The average Bonchev–Trinajstić information content (AvgIpc) is 3.79. The maximum atomic E-state index is 6.83. The van der Waals surface area contributed by atoms with Gasteiger partial charge in [-0.3, -0.25) is 0 Å². The van der Waals surface area contributed by atoms with Crippen LogP contribution in [-0.2, 0) is 5.41 Å². The van der Waals surface area contributed by atoms with Gasteiger partial charge >= 0.3 is 0 Å². The average molecular weight is 780 g/mol. The van der Waals surface area contributed by atoms with Gasteiger partial charge in [-0.25, -0.2) is 0 Å². The van der Waals surface area contributed by atoms with Crippen molar-refractivity contribution in [1.82, 2.24) is 0 Å². The highest BCUT2D eigenvalue weighted by atomic mass is 16.3. The molecule has 0 spiro atoms. The highest BCUT2D eigenvalue weighted by Crippen LogP contribution is 2.52. The van der Waals surface area contributed by atoms with E-state index in [9.17, 15) is 0 Å². The Morgan fingerprint density at radius 1 is 0.361 bits per heavy atom. The molecular formula is C59H41NO. The normalized spacial score (nSPS) is 12.9. The molecule has 0 aliphatic heterocycles. The molecule has 0 unspecified atom stereocenters. The maximum Gasteiger partial charge on any atom is 0.143 e. The van der Waals surface area contributed by atoms with Crippen LogP contribution >= 0.6 is 0 Å². The molecular weight excluding hydrogens is 739 g/mol. The first-order valence-corrected chi connectivity index (χ1v) is 21.2. The summed E-state index contributed by atoms with van der Waals surface area (Å²) in [6.45, 7) is 4.71. The molecule has 0 saturated heterocycles. The van der Waals surface area contributed by atoms with Gasteiger partial charge < -0.3 is 9.32 Å². The zero-order chi connectivity index (χ0) is 40.7. The van der Waals surface area contributed by atoms with Crippen LogP contribution in [0.1, 0.15) is 25.0 Å². The van der Waals surface area contributed by atoms with Gasteiger partial charge in [0.15, 0.2) is 0 Å².